The number of rotatable bonds is 6. The third-order valence-corrected chi connectivity index (χ3v) is 7.70. The molecule has 0 amide bonds. The van der Waals surface area contributed by atoms with Crippen LogP contribution in [0.15, 0.2) is 29.2 Å². The third-order valence-electron chi connectivity index (χ3n) is 7.70. The van der Waals surface area contributed by atoms with E-state index in [9.17, 15) is 15.0 Å². The van der Waals surface area contributed by atoms with Crippen LogP contribution in [-0.4, -0.2) is 80.0 Å². The van der Waals surface area contributed by atoms with Crippen molar-refractivity contribution in [1.82, 2.24) is 19.4 Å². The first-order chi connectivity index (χ1) is 18.7. The predicted molar refractivity (Wildman–Crippen MR) is 138 cm³/mol. The van der Waals surface area contributed by atoms with Gasteiger partial charge in [0.05, 0.1) is 42.3 Å². The average molecular weight is 544 g/mol. The lowest BCUT2D eigenvalue weighted by molar-refractivity contribution is -0.156. The van der Waals surface area contributed by atoms with Crippen LogP contribution in [-0.2, 0) is 16.0 Å². The summed E-state index contributed by atoms with van der Waals surface area (Å²) in [5, 5.41) is 23.7. The summed E-state index contributed by atoms with van der Waals surface area (Å²) in [5.41, 5.74) is 0.365. The summed E-state index contributed by atoms with van der Waals surface area (Å²) in [4.78, 5) is 23.4. The molecule has 0 spiro atoms. The smallest absolute Gasteiger partial charge is 0.225 e. The second-order valence-corrected chi connectivity index (χ2v) is 10.8. The minimum atomic E-state index is -0.938. The molecule has 39 heavy (non-hydrogen) atoms. The Labute approximate surface area is 223 Å². The fourth-order valence-corrected chi connectivity index (χ4v) is 5.81. The molecule has 10 nitrogen and oxygen atoms in total. The van der Waals surface area contributed by atoms with Gasteiger partial charge in [0.2, 0.25) is 11.4 Å². The number of aliphatic hydroxyl groups is 2. The van der Waals surface area contributed by atoms with Crippen molar-refractivity contribution in [2.24, 2.45) is 0 Å². The number of β-amino-alcohol motifs (C(OH)–C–C–N with tert-alkyl or cyclic N) is 1. The highest BCUT2D eigenvalue weighted by Gasteiger charge is 2.43. The van der Waals surface area contributed by atoms with Crippen molar-refractivity contribution in [3.8, 4) is 11.3 Å². The van der Waals surface area contributed by atoms with E-state index < -0.39 is 41.6 Å². The van der Waals surface area contributed by atoms with Gasteiger partial charge >= 0.3 is 0 Å². The molecule has 3 aliphatic heterocycles. The second-order valence-electron chi connectivity index (χ2n) is 10.8. The fourth-order valence-electron chi connectivity index (χ4n) is 5.81. The third kappa shape index (κ3) is 4.80. The van der Waals surface area contributed by atoms with Crippen LogP contribution < -0.4 is 10.7 Å². The Balaban J connectivity index is 1.39. The number of hydrogen-bond acceptors (Lipinski definition) is 9. The predicted octanol–water partition coefficient (Wildman–Crippen LogP) is 2.17. The number of nitrogens with one attached hydrogen (secondary N) is 1. The zero-order valence-electron chi connectivity index (χ0n) is 21.7. The topological polar surface area (TPSA) is 122 Å². The Kier molecular flexibility index (Phi) is 6.84. The molecule has 5 atom stereocenters. The summed E-state index contributed by atoms with van der Waals surface area (Å²) >= 11 is 0. The van der Waals surface area contributed by atoms with E-state index in [0.29, 0.717) is 43.6 Å². The quantitative estimate of drug-likeness (QED) is 0.429. The van der Waals surface area contributed by atoms with Gasteiger partial charge in [-0.3, -0.25) is 9.69 Å². The van der Waals surface area contributed by atoms with E-state index in [2.05, 4.69) is 15.3 Å². The number of hydrogen-bond donors (Lipinski definition) is 3. The van der Waals surface area contributed by atoms with Crippen molar-refractivity contribution < 1.29 is 28.5 Å². The van der Waals surface area contributed by atoms with E-state index in [0.717, 1.165) is 6.20 Å². The number of pyridine rings is 1. The molecule has 3 aliphatic rings. The Morgan fingerprint density at radius 1 is 1.26 bits per heavy atom. The highest BCUT2D eigenvalue weighted by Crippen LogP contribution is 2.31. The molecule has 3 fully saturated rings. The molecular formula is C27H31F2N5O5. The summed E-state index contributed by atoms with van der Waals surface area (Å²) in [6.07, 6.45) is -0.174. The maximum atomic E-state index is 15.4. The SMILES string of the molecule is CC(C)n1c(CN2CC[C@H](O)C2)c(F)c(=O)c2ccc(-c3nc(N[C@@H]4C[C@H]5CO[C@H](O5)[C@H]4O)ncc3F)cc21. The van der Waals surface area contributed by atoms with Gasteiger partial charge in [0.25, 0.3) is 0 Å². The van der Waals surface area contributed by atoms with Gasteiger partial charge in [-0.1, -0.05) is 6.07 Å². The molecule has 1 aromatic carbocycles. The van der Waals surface area contributed by atoms with Crippen LogP contribution in [0.2, 0.25) is 0 Å². The number of ether oxygens (including phenoxy) is 2. The van der Waals surface area contributed by atoms with Crippen molar-refractivity contribution in [3.63, 3.8) is 0 Å². The average Bonchev–Trinajstić information content (AvgIpc) is 3.52. The molecule has 6 rings (SSSR count). The lowest BCUT2D eigenvalue weighted by Crippen LogP contribution is -2.48. The Bertz CT molecular complexity index is 1470. The van der Waals surface area contributed by atoms with E-state index >= 15 is 8.78 Å². The first kappa shape index (κ1) is 26.2. The van der Waals surface area contributed by atoms with Crippen LogP contribution in [0.5, 0.6) is 0 Å². The fraction of sp³-hybridized carbons (Fsp3) is 0.519. The largest absolute Gasteiger partial charge is 0.392 e. The van der Waals surface area contributed by atoms with E-state index in [1.165, 1.54) is 12.1 Å². The lowest BCUT2D eigenvalue weighted by Gasteiger charge is -2.32. The number of aromatic nitrogens is 3. The summed E-state index contributed by atoms with van der Waals surface area (Å²) in [6, 6.07) is 4.03. The molecule has 0 unspecified atom stereocenters. The molecule has 208 valence electrons. The Morgan fingerprint density at radius 2 is 2.08 bits per heavy atom. The molecule has 3 aromatic rings. The first-order valence-corrected chi connectivity index (χ1v) is 13.2. The summed E-state index contributed by atoms with van der Waals surface area (Å²) in [5.74, 6) is -1.36. The molecular weight excluding hydrogens is 512 g/mol. The normalized spacial score (nSPS) is 27.1. The number of aliphatic hydroxyl groups excluding tert-OH is 2. The molecule has 5 heterocycles. The summed E-state index contributed by atoms with van der Waals surface area (Å²) in [7, 11) is 0. The van der Waals surface area contributed by atoms with Gasteiger partial charge in [-0.2, -0.15) is 0 Å². The van der Waals surface area contributed by atoms with E-state index in [1.54, 1.807) is 10.6 Å². The summed E-state index contributed by atoms with van der Waals surface area (Å²) < 4.78 is 43.2. The van der Waals surface area contributed by atoms with E-state index in [4.69, 9.17) is 9.47 Å². The van der Waals surface area contributed by atoms with Gasteiger partial charge in [0, 0.05) is 36.6 Å². The number of fused-ring (bicyclic) bond motifs is 3. The zero-order chi connectivity index (χ0) is 27.4. The van der Waals surface area contributed by atoms with Crippen molar-refractivity contribution >= 4 is 16.9 Å². The van der Waals surface area contributed by atoms with Crippen molar-refractivity contribution in [2.75, 3.05) is 25.0 Å². The summed E-state index contributed by atoms with van der Waals surface area (Å²) in [6.45, 7) is 5.35. The van der Waals surface area contributed by atoms with Crippen molar-refractivity contribution in [3.05, 3.63) is 51.9 Å². The van der Waals surface area contributed by atoms with Gasteiger partial charge in [-0.25, -0.2) is 18.7 Å². The monoisotopic (exact) mass is 543 g/mol. The standard InChI is InChI=1S/C27H31F2N5O5/c1-13(2)34-20-7-14(3-4-17(20)24(36)22(29)21(34)11-33-6-5-15(35)10-33)23-18(28)9-30-27(32-23)31-19-8-16-12-38-26(39-16)25(19)37/h3-4,7,9,13,15-16,19,25-26,35,37H,5-6,8,10-12H2,1-2H3,(H,30,31,32)/t15-,16-,19+,25-,26+/m0/s1. The zero-order valence-corrected chi connectivity index (χ0v) is 21.7. The maximum absolute atomic E-state index is 15.4. The van der Waals surface area contributed by atoms with Crippen molar-refractivity contribution in [1.29, 1.82) is 0 Å². The van der Waals surface area contributed by atoms with Gasteiger partial charge < -0.3 is 29.6 Å². The maximum Gasteiger partial charge on any atom is 0.225 e. The number of nitrogens with zero attached hydrogens (tertiary/aromatic N) is 4. The van der Waals surface area contributed by atoms with Gasteiger partial charge in [-0.15, -0.1) is 0 Å². The Hall–Kier alpha value is -3.03. The molecule has 3 N–H and O–H groups in total. The molecule has 3 saturated heterocycles. The highest BCUT2D eigenvalue weighted by molar-refractivity contribution is 5.84. The first-order valence-electron chi connectivity index (χ1n) is 13.2. The van der Waals surface area contributed by atoms with Crippen LogP contribution in [0, 0.1) is 11.6 Å². The van der Waals surface area contributed by atoms with Crippen LogP contribution in [0.25, 0.3) is 22.2 Å². The minimum absolute atomic E-state index is 0.00599. The van der Waals surface area contributed by atoms with Gasteiger partial charge in [0.15, 0.2) is 17.9 Å². The van der Waals surface area contributed by atoms with Crippen molar-refractivity contribution in [2.45, 2.75) is 69.9 Å². The van der Waals surface area contributed by atoms with Gasteiger partial charge in [-0.05, 0) is 38.8 Å². The highest BCUT2D eigenvalue weighted by atomic mass is 19.1. The van der Waals surface area contributed by atoms with Gasteiger partial charge in [0.1, 0.15) is 11.8 Å². The lowest BCUT2D eigenvalue weighted by atomic mass is 10.0. The molecule has 2 bridgehead atoms. The molecule has 2 aromatic heterocycles. The second kappa shape index (κ2) is 10.2. The van der Waals surface area contributed by atoms with Crippen LogP contribution in [0.1, 0.15) is 38.4 Å². The van der Waals surface area contributed by atoms with E-state index in [1.807, 2.05) is 18.7 Å². The Morgan fingerprint density at radius 3 is 2.82 bits per heavy atom. The molecule has 0 aliphatic carbocycles. The molecule has 12 heteroatoms. The molecule has 0 radical (unpaired) electrons. The number of halogens is 2. The number of benzene rings is 1. The number of anilines is 1. The van der Waals surface area contributed by atoms with Crippen LogP contribution in [0.3, 0.4) is 0 Å². The van der Waals surface area contributed by atoms with Crippen LogP contribution >= 0.6 is 0 Å². The van der Waals surface area contributed by atoms with Crippen LogP contribution in [0.4, 0.5) is 14.7 Å². The number of likely N-dealkylation sites (tertiary alicyclic amines) is 1. The minimum Gasteiger partial charge on any atom is -0.392 e. The molecule has 0 saturated carbocycles. The van der Waals surface area contributed by atoms with E-state index in [-0.39, 0.29) is 41.4 Å².